The van der Waals surface area contributed by atoms with Crippen molar-refractivity contribution >= 4 is 35.1 Å². The summed E-state index contributed by atoms with van der Waals surface area (Å²) in [5, 5.41) is 13.8. The highest BCUT2D eigenvalue weighted by Gasteiger charge is 2.21. The van der Waals surface area contributed by atoms with Crippen molar-refractivity contribution < 1.29 is 14.7 Å². The number of amides is 2. The molecule has 0 fully saturated rings. The maximum absolute atomic E-state index is 12.2. The van der Waals surface area contributed by atoms with E-state index in [0.29, 0.717) is 5.01 Å². The number of carboxylic acids is 1. The molecule has 2 N–H and O–H groups in total. The number of thiazole rings is 1. The average Bonchev–Trinajstić information content (AvgIpc) is 2.94. The molecule has 1 heterocycles. The molecule has 0 aliphatic rings. The highest BCUT2D eigenvalue weighted by molar-refractivity contribution is 7.98. The molecule has 21 heavy (non-hydrogen) atoms. The minimum absolute atomic E-state index is 0.0123. The average molecular weight is 331 g/mol. The summed E-state index contributed by atoms with van der Waals surface area (Å²) in [5.41, 5.74) is 0.0123. The van der Waals surface area contributed by atoms with Crippen LogP contribution in [-0.4, -0.2) is 52.1 Å². The fraction of sp³-hybridized carbons (Fsp3) is 0.615. The number of nitrogens with zero attached hydrogens (tertiary/aromatic N) is 2. The number of thioether (sulfide) groups is 1. The summed E-state index contributed by atoms with van der Waals surface area (Å²) < 4.78 is 0. The second-order valence-electron chi connectivity index (χ2n) is 4.68. The van der Waals surface area contributed by atoms with E-state index in [2.05, 4.69) is 10.3 Å². The van der Waals surface area contributed by atoms with Crippen LogP contribution in [0.25, 0.3) is 0 Å². The Balaban J connectivity index is 2.65. The van der Waals surface area contributed by atoms with Gasteiger partial charge in [0, 0.05) is 24.2 Å². The Morgan fingerprint density at radius 3 is 2.71 bits per heavy atom. The van der Waals surface area contributed by atoms with E-state index in [-0.39, 0.29) is 23.8 Å². The van der Waals surface area contributed by atoms with Crippen molar-refractivity contribution in [1.29, 1.82) is 0 Å². The Labute approximate surface area is 132 Å². The number of rotatable bonds is 7. The first-order chi connectivity index (χ1) is 9.90. The van der Waals surface area contributed by atoms with Gasteiger partial charge in [0.15, 0.2) is 5.69 Å². The summed E-state index contributed by atoms with van der Waals surface area (Å²) in [6, 6.07) is -0.307. The largest absolute Gasteiger partial charge is 0.476 e. The highest BCUT2D eigenvalue weighted by Crippen LogP contribution is 2.18. The first-order valence-corrected chi connectivity index (χ1v) is 8.89. The maximum Gasteiger partial charge on any atom is 0.355 e. The number of nitrogens with one attached hydrogen (secondary N) is 1. The third kappa shape index (κ3) is 4.89. The molecule has 0 saturated carbocycles. The lowest BCUT2D eigenvalue weighted by atomic mass is 10.2. The van der Waals surface area contributed by atoms with Crippen molar-refractivity contribution in [2.45, 2.75) is 32.4 Å². The van der Waals surface area contributed by atoms with Crippen molar-refractivity contribution in [2.75, 3.05) is 19.1 Å². The first kappa shape index (κ1) is 17.8. The molecule has 1 rings (SSSR count). The number of carboxylic acid groups (broad SMARTS) is 1. The number of hydrogen-bond donors (Lipinski definition) is 2. The monoisotopic (exact) mass is 331 g/mol. The summed E-state index contributed by atoms with van der Waals surface area (Å²) in [6.45, 7) is 3.85. The molecule has 0 spiro atoms. The number of hydrogen-bond acceptors (Lipinski definition) is 5. The van der Waals surface area contributed by atoms with Gasteiger partial charge in [-0.2, -0.15) is 11.8 Å². The lowest BCUT2D eigenvalue weighted by Crippen LogP contribution is -2.45. The molecular weight excluding hydrogens is 310 g/mol. The van der Waals surface area contributed by atoms with E-state index in [0.717, 1.165) is 12.2 Å². The van der Waals surface area contributed by atoms with Gasteiger partial charge in [-0.15, -0.1) is 11.3 Å². The second-order valence-corrected chi connectivity index (χ2v) is 6.48. The number of carbonyl (C=O) groups is 2. The van der Waals surface area contributed by atoms with Gasteiger partial charge < -0.3 is 15.3 Å². The third-order valence-corrected chi connectivity index (χ3v) is 4.90. The molecular formula is C13H21N3O3S2. The molecule has 8 heteroatoms. The molecule has 0 saturated heterocycles. The van der Waals surface area contributed by atoms with Crippen LogP contribution in [0.2, 0.25) is 0 Å². The lowest BCUT2D eigenvalue weighted by Gasteiger charge is -2.28. The number of urea groups is 1. The van der Waals surface area contributed by atoms with Crippen molar-refractivity contribution in [2.24, 2.45) is 0 Å². The fourth-order valence-electron chi connectivity index (χ4n) is 1.80. The van der Waals surface area contributed by atoms with Crippen LogP contribution < -0.4 is 5.32 Å². The molecule has 6 nitrogen and oxygen atoms in total. The molecule has 0 aliphatic carbocycles. The molecule has 2 unspecified atom stereocenters. The Morgan fingerprint density at radius 2 is 2.24 bits per heavy atom. The predicted octanol–water partition coefficient (Wildman–Crippen LogP) is 2.69. The highest BCUT2D eigenvalue weighted by atomic mass is 32.2. The van der Waals surface area contributed by atoms with Gasteiger partial charge in [-0.25, -0.2) is 14.6 Å². The molecule has 0 aromatic carbocycles. The van der Waals surface area contributed by atoms with Gasteiger partial charge in [0.25, 0.3) is 0 Å². The molecule has 0 aliphatic heterocycles. The predicted molar refractivity (Wildman–Crippen MR) is 86.2 cm³/mol. The minimum Gasteiger partial charge on any atom is -0.476 e. The van der Waals surface area contributed by atoms with Crippen LogP contribution in [0, 0.1) is 0 Å². The molecule has 0 bridgehead atoms. The van der Waals surface area contributed by atoms with Gasteiger partial charge >= 0.3 is 12.0 Å². The number of aromatic carboxylic acids is 1. The van der Waals surface area contributed by atoms with E-state index in [1.165, 1.54) is 16.7 Å². The quantitative estimate of drug-likeness (QED) is 0.802. The molecule has 1 aromatic rings. The second kappa shape index (κ2) is 8.23. The van der Waals surface area contributed by atoms with Gasteiger partial charge in [-0.3, -0.25) is 0 Å². The number of carbonyl (C=O) groups excluding carboxylic acids is 1. The first-order valence-electron chi connectivity index (χ1n) is 6.61. The van der Waals surface area contributed by atoms with E-state index < -0.39 is 5.97 Å². The van der Waals surface area contributed by atoms with Gasteiger partial charge in [0.05, 0.1) is 6.04 Å². The van der Waals surface area contributed by atoms with Crippen LogP contribution in [-0.2, 0) is 0 Å². The Hall–Kier alpha value is -1.28. The SMILES string of the molecule is CCC(CSC)N(C)C(=O)NC(C)c1nc(C(=O)O)cs1. The Bertz CT molecular complexity index is 493. The van der Waals surface area contributed by atoms with Crippen LogP contribution in [0.1, 0.15) is 41.8 Å². The van der Waals surface area contributed by atoms with E-state index in [4.69, 9.17) is 5.11 Å². The van der Waals surface area contributed by atoms with Gasteiger partial charge in [-0.05, 0) is 19.6 Å². The third-order valence-electron chi connectivity index (χ3n) is 3.15. The Morgan fingerprint density at radius 1 is 1.57 bits per heavy atom. The van der Waals surface area contributed by atoms with Gasteiger partial charge in [-0.1, -0.05) is 6.92 Å². The maximum atomic E-state index is 12.2. The standard InChI is InChI=1S/C13H21N3O3S2/c1-5-9(6-20-4)16(3)13(19)14-8(2)11-15-10(7-21-11)12(17)18/h7-9H,5-6H2,1-4H3,(H,14,19)(H,17,18). The molecule has 1 aromatic heterocycles. The summed E-state index contributed by atoms with van der Waals surface area (Å²) >= 11 is 2.94. The zero-order valence-corrected chi connectivity index (χ0v) is 14.3. The molecule has 0 radical (unpaired) electrons. The summed E-state index contributed by atoms with van der Waals surface area (Å²) in [5.74, 6) is -0.172. The minimum atomic E-state index is -1.06. The van der Waals surface area contributed by atoms with Crippen molar-refractivity contribution in [3.63, 3.8) is 0 Å². The van der Waals surface area contributed by atoms with E-state index in [1.54, 1.807) is 30.6 Å². The topological polar surface area (TPSA) is 82.5 Å². The van der Waals surface area contributed by atoms with Crippen LogP contribution in [0.5, 0.6) is 0 Å². The van der Waals surface area contributed by atoms with Crippen LogP contribution >= 0.6 is 23.1 Å². The zero-order valence-electron chi connectivity index (χ0n) is 12.6. The fourth-order valence-corrected chi connectivity index (χ4v) is 3.44. The van der Waals surface area contributed by atoms with Crippen LogP contribution in [0.15, 0.2) is 5.38 Å². The van der Waals surface area contributed by atoms with Crippen molar-refractivity contribution in [3.05, 3.63) is 16.1 Å². The van der Waals surface area contributed by atoms with Gasteiger partial charge in [0.2, 0.25) is 0 Å². The van der Waals surface area contributed by atoms with Crippen LogP contribution in [0.3, 0.4) is 0 Å². The van der Waals surface area contributed by atoms with Gasteiger partial charge in [0.1, 0.15) is 5.01 Å². The smallest absolute Gasteiger partial charge is 0.355 e. The molecule has 2 amide bonds. The lowest BCUT2D eigenvalue weighted by molar-refractivity contribution is 0.0691. The van der Waals surface area contributed by atoms with Crippen molar-refractivity contribution in [1.82, 2.24) is 15.2 Å². The Kier molecular flexibility index (Phi) is 6.97. The summed E-state index contributed by atoms with van der Waals surface area (Å²) in [6.07, 6.45) is 2.90. The van der Waals surface area contributed by atoms with Crippen molar-refractivity contribution in [3.8, 4) is 0 Å². The van der Waals surface area contributed by atoms with E-state index >= 15 is 0 Å². The zero-order chi connectivity index (χ0) is 16.0. The molecule has 118 valence electrons. The summed E-state index contributed by atoms with van der Waals surface area (Å²) in [7, 11) is 1.77. The number of aromatic nitrogens is 1. The van der Waals surface area contributed by atoms with E-state index in [9.17, 15) is 9.59 Å². The van der Waals surface area contributed by atoms with Crippen LogP contribution in [0.4, 0.5) is 4.79 Å². The summed E-state index contributed by atoms with van der Waals surface area (Å²) in [4.78, 5) is 28.7. The normalized spacial score (nSPS) is 13.5. The molecule has 2 atom stereocenters. The van der Waals surface area contributed by atoms with E-state index in [1.807, 2.05) is 13.2 Å².